The fourth-order valence-corrected chi connectivity index (χ4v) is 2.27. The number of phenolic OH excluding ortho intramolecular Hbond substituents is 2. The van der Waals surface area contributed by atoms with Crippen molar-refractivity contribution in [3.05, 3.63) is 53.6 Å². The molecule has 3 N–H and O–H groups in total. The average Bonchev–Trinajstić information content (AvgIpc) is 2.39. The third kappa shape index (κ3) is 4.39. The van der Waals surface area contributed by atoms with Crippen molar-refractivity contribution in [2.45, 2.75) is 19.5 Å². The Morgan fingerprint density at radius 2 is 1.57 bits per heavy atom. The molecule has 0 fully saturated rings. The van der Waals surface area contributed by atoms with Crippen molar-refractivity contribution in [1.29, 1.82) is 0 Å². The minimum atomic E-state index is -0.0114. The highest BCUT2D eigenvalue weighted by atomic mass is 16.3. The van der Waals surface area contributed by atoms with Gasteiger partial charge in [-0.2, -0.15) is 0 Å². The molecular weight excluding hydrogens is 264 g/mol. The second-order valence-electron chi connectivity index (χ2n) is 5.58. The average molecular weight is 286 g/mol. The van der Waals surface area contributed by atoms with Crippen LogP contribution in [-0.2, 0) is 6.54 Å². The summed E-state index contributed by atoms with van der Waals surface area (Å²) in [4.78, 5) is 2.13. The topological polar surface area (TPSA) is 55.7 Å². The lowest BCUT2D eigenvalue weighted by Gasteiger charge is -2.17. The summed E-state index contributed by atoms with van der Waals surface area (Å²) >= 11 is 0. The minimum absolute atomic E-state index is 0.0114. The number of nitrogens with zero attached hydrogens (tertiary/aromatic N) is 1. The Bertz CT molecular complexity index is 574. The van der Waals surface area contributed by atoms with Crippen molar-refractivity contribution >= 4 is 5.69 Å². The molecule has 0 aliphatic rings. The molecule has 0 saturated heterocycles. The summed E-state index contributed by atoms with van der Waals surface area (Å²) in [6, 6.07) is 12.9. The summed E-state index contributed by atoms with van der Waals surface area (Å²) < 4.78 is 0. The zero-order valence-corrected chi connectivity index (χ0v) is 12.7. The number of aromatic hydroxyl groups is 2. The zero-order valence-electron chi connectivity index (χ0n) is 12.7. The Morgan fingerprint density at radius 1 is 1.00 bits per heavy atom. The quantitative estimate of drug-likeness (QED) is 0.789. The third-order valence-corrected chi connectivity index (χ3v) is 3.26. The largest absolute Gasteiger partial charge is 0.508 e. The molecule has 2 aromatic carbocycles. The van der Waals surface area contributed by atoms with Crippen molar-refractivity contribution in [3.63, 3.8) is 0 Å². The van der Waals surface area contributed by atoms with Crippen LogP contribution in [0.3, 0.4) is 0 Å². The molecule has 4 nitrogen and oxygen atoms in total. The van der Waals surface area contributed by atoms with Gasteiger partial charge in [-0.3, -0.25) is 0 Å². The lowest BCUT2D eigenvalue weighted by molar-refractivity contribution is 0.402. The number of rotatable bonds is 5. The van der Waals surface area contributed by atoms with Gasteiger partial charge in [0, 0.05) is 24.3 Å². The van der Waals surface area contributed by atoms with Crippen LogP contribution in [0.4, 0.5) is 5.69 Å². The standard InChI is InChI=1S/C17H22N2O2/c1-12(14-8-16(20)10-17(21)9-14)18-15-6-4-13(5-7-15)11-19(2)3/h4-10,12,18,20-21H,11H2,1-3H3. The maximum Gasteiger partial charge on any atom is 0.119 e. The van der Waals surface area contributed by atoms with Crippen LogP contribution in [-0.4, -0.2) is 29.2 Å². The number of anilines is 1. The maximum atomic E-state index is 9.54. The van der Waals surface area contributed by atoms with Crippen LogP contribution in [0.2, 0.25) is 0 Å². The lowest BCUT2D eigenvalue weighted by Crippen LogP contribution is -2.11. The van der Waals surface area contributed by atoms with Crippen molar-refractivity contribution in [2.75, 3.05) is 19.4 Å². The number of benzene rings is 2. The monoisotopic (exact) mass is 286 g/mol. The first-order chi connectivity index (χ1) is 9.94. The summed E-state index contributed by atoms with van der Waals surface area (Å²) in [7, 11) is 4.09. The van der Waals surface area contributed by atoms with Gasteiger partial charge >= 0.3 is 0 Å². The van der Waals surface area contributed by atoms with Crippen LogP contribution in [0.25, 0.3) is 0 Å². The fraction of sp³-hybridized carbons (Fsp3) is 0.294. The summed E-state index contributed by atoms with van der Waals surface area (Å²) in [5.74, 6) is 0.139. The van der Waals surface area contributed by atoms with E-state index in [1.807, 2.05) is 33.2 Å². The van der Waals surface area contributed by atoms with E-state index in [0.717, 1.165) is 17.8 Å². The first-order valence-electron chi connectivity index (χ1n) is 6.97. The van der Waals surface area contributed by atoms with E-state index >= 15 is 0 Å². The van der Waals surface area contributed by atoms with Crippen LogP contribution < -0.4 is 5.32 Å². The van der Waals surface area contributed by atoms with E-state index in [0.29, 0.717) is 0 Å². The van der Waals surface area contributed by atoms with E-state index in [9.17, 15) is 10.2 Å². The Balaban J connectivity index is 2.06. The molecule has 0 amide bonds. The molecule has 1 atom stereocenters. The van der Waals surface area contributed by atoms with Crippen molar-refractivity contribution < 1.29 is 10.2 Å². The summed E-state index contributed by atoms with van der Waals surface area (Å²) in [5.41, 5.74) is 3.10. The van der Waals surface area contributed by atoms with Gasteiger partial charge in [0.15, 0.2) is 0 Å². The number of phenols is 2. The highest BCUT2D eigenvalue weighted by molar-refractivity contribution is 5.48. The molecule has 0 aliphatic carbocycles. The van der Waals surface area contributed by atoms with Gasteiger partial charge in [-0.1, -0.05) is 12.1 Å². The smallest absolute Gasteiger partial charge is 0.119 e. The van der Waals surface area contributed by atoms with E-state index in [4.69, 9.17) is 0 Å². The second-order valence-corrected chi connectivity index (χ2v) is 5.58. The number of hydrogen-bond acceptors (Lipinski definition) is 4. The van der Waals surface area contributed by atoms with Crippen LogP contribution in [0.1, 0.15) is 24.1 Å². The molecule has 0 saturated carbocycles. The van der Waals surface area contributed by atoms with E-state index in [-0.39, 0.29) is 17.5 Å². The molecule has 0 spiro atoms. The normalized spacial score (nSPS) is 12.4. The first-order valence-corrected chi connectivity index (χ1v) is 6.97. The van der Waals surface area contributed by atoms with Gasteiger partial charge in [-0.25, -0.2) is 0 Å². The highest BCUT2D eigenvalue weighted by Gasteiger charge is 2.08. The van der Waals surface area contributed by atoms with Crippen LogP contribution in [0.5, 0.6) is 11.5 Å². The van der Waals surface area contributed by atoms with E-state index in [1.165, 1.54) is 11.6 Å². The summed E-state index contributed by atoms with van der Waals surface area (Å²) in [6.45, 7) is 2.90. The predicted octanol–water partition coefficient (Wildman–Crippen LogP) is 3.33. The van der Waals surface area contributed by atoms with Gasteiger partial charge in [0.25, 0.3) is 0 Å². The fourth-order valence-electron chi connectivity index (χ4n) is 2.27. The molecule has 0 radical (unpaired) electrons. The van der Waals surface area contributed by atoms with Crippen LogP contribution in [0.15, 0.2) is 42.5 Å². The summed E-state index contributed by atoms with van der Waals surface area (Å²) in [5, 5.41) is 22.4. The molecule has 0 bridgehead atoms. The highest BCUT2D eigenvalue weighted by Crippen LogP contribution is 2.27. The molecule has 112 valence electrons. The van der Waals surface area contributed by atoms with Crippen molar-refractivity contribution in [1.82, 2.24) is 4.90 Å². The summed E-state index contributed by atoms with van der Waals surface area (Å²) in [6.07, 6.45) is 0. The Hall–Kier alpha value is -2.20. The van der Waals surface area contributed by atoms with E-state index < -0.39 is 0 Å². The predicted molar refractivity (Wildman–Crippen MR) is 85.6 cm³/mol. The molecule has 0 aliphatic heterocycles. The Kier molecular flexibility index (Phi) is 4.70. The van der Waals surface area contributed by atoms with Gasteiger partial charge in [-0.05, 0) is 56.4 Å². The Morgan fingerprint density at radius 3 is 2.10 bits per heavy atom. The molecular formula is C17H22N2O2. The van der Waals surface area contributed by atoms with Crippen LogP contribution >= 0.6 is 0 Å². The molecule has 4 heteroatoms. The zero-order chi connectivity index (χ0) is 15.4. The van der Waals surface area contributed by atoms with Gasteiger partial charge in [0.05, 0.1) is 0 Å². The van der Waals surface area contributed by atoms with Crippen molar-refractivity contribution in [3.8, 4) is 11.5 Å². The van der Waals surface area contributed by atoms with Gasteiger partial charge < -0.3 is 20.4 Å². The SMILES string of the molecule is CC(Nc1ccc(CN(C)C)cc1)c1cc(O)cc(O)c1. The van der Waals surface area contributed by atoms with Gasteiger partial charge in [0.1, 0.15) is 11.5 Å². The molecule has 0 aromatic heterocycles. The molecule has 21 heavy (non-hydrogen) atoms. The van der Waals surface area contributed by atoms with E-state index in [2.05, 4.69) is 22.3 Å². The molecule has 1 unspecified atom stereocenters. The molecule has 2 rings (SSSR count). The van der Waals surface area contributed by atoms with Crippen LogP contribution in [0, 0.1) is 0 Å². The lowest BCUT2D eigenvalue weighted by atomic mass is 10.1. The van der Waals surface area contributed by atoms with E-state index in [1.54, 1.807) is 12.1 Å². The van der Waals surface area contributed by atoms with Gasteiger partial charge in [0.2, 0.25) is 0 Å². The molecule has 0 heterocycles. The minimum Gasteiger partial charge on any atom is -0.508 e. The number of nitrogens with one attached hydrogen (secondary N) is 1. The van der Waals surface area contributed by atoms with Gasteiger partial charge in [-0.15, -0.1) is 0 Å². The number of hydrogen-bond donors (Lipinski definition) is 3. The molecule has 2 aromatic rings. The maximum absolute atomic E-state index is 9.54. The third-order valence-electron chi connectivity index (χ3n) is 3.26. The second kappa shape index (κ2) is 6.50. The Labute approximate surface area is 125 Å². The van der Waals surface area contributed by atoms with Crippen molar-refractivity contribution in [2.24, 2.45) is 0 Å². The first kappa shape index (κ1) is 15.2.